The van der Waals surface area contributed by atoms with E-state index in [0.717, 1.165) is 27.5 Å². The van der Waals surface area contributed by atoms with Gasteiger partial charge in [0, 0.05) is 27.8 Å². The fourth-order valence-corrected chi connectivity index (χ4v) is 7.10. The third-order valence-corrected chi connectivity index (χ3v) is 8.99. The quantitative estimate of drug-likeness (QED) is 0.213. The highest BCUT2D eigenvalue weighted by Crippen LogP contribution is 2.43. The summed E-state index contributed by atoms with van der Waals surface area (Å²) >= 11 is 0. The summed E-state index contributed by atoms with van der Waals surface area (Å²) in [5, 5.41) is 2.31. The van der Waals surface area contributed by atoms with Crippen molar-refractivity contribution < 1.29 is 4.42 Å². The monoisotopic (exact) mass is 523 g/mol. The SMILES string of the molecule is Cc1ccc(N2c3ccc(C)cc3B3c4ccccc4-c4cc(-c5ccc6c(c5)oc5ccccc56)cc2c43)cc1. The Bertz CT molecular complexity index is 2190. The third kappa shape index (κ3) is 3.20. The van der Waals surface area contributed by atoms with E-state index >= 15 is 0 Å². The van der Waals surface area contributed by atoms with Crippen molar-refractivity contribution in [2.75, 3.05) is 4.90 Å². The molecule has 2 aliphatic rings. The van der Waals surface area contributed by atoms with Crippen LogP contribution in [0.15, 0.2) is 126 Å². The van der Waals surface area contributed by atoms with Crippen LogP contribution in [-0.4, -0.2) is 6.71 Å². The first-order valence-corrected chi connectivity index (χ1v) is 14.3. The Morgan fingerprint density at radius 2 is 1.32 bits per heavy atom. The molecule has 0 saturated carbocycles. The molecule has 0 saturated heterocycles. The number of hydrogen-bond acceptors (Lipinski definition) is 2. The molecule has 0 radical (unpaired) electrons. The largest absolute Gasteiger partial charge is 0.456 e. The molecule has 3 heteroatoms. The number of para-hydroxylation sites is 1. The zero-order valence-corrected chi connectivity index (χ0v) is 23.0. The Labute approximate surface area is 239 Å². The summed E-state index contributed by atoms with van der Waals surface area (Å²) in [5.41, 5.74) is 17.3. The molecule has 0 amide bonds. The van der Waals surface area contributed by atoms with Crippen LogP contribution < -0.4 is 21.3 Å². The molecule has 7 aromatic rings. The molecule has 0 atom stereocenters. The van der Waals surface area contributed by atoms with E-state index in [9.17, 15) is 0 Å². The van der Waals surface area contributed by atoms with Crippen molar-refractivity contribution in [1.29, 1.82) is 0 Å². The summed E-state index contributed by atoms with van der Waals surface area (Å²) in [6.07, 6.45) is 0. The van der Waals surface area contributed by atoms with Gasteiger partial charge in [0.1, 0.15) is 11.2 Å². The van der Waals surface area contributed by atoms with Gasteiger partial charge in [-0.05, 0) is 95.6 Å². The van der Waals surface area contributed by atoms with Crippen molar-refractivity contribution in [3.05, 3.63) is 132 Å². The lowest BCUT2D eigenvalue weighted by Crippen LogP contribution is -2.54. The summed E-state index contributed by atoms with van der Waals surface area (Å²) in [7, 11) is 0. The van der Waals surface area contributed by atoms with Crippen LogP contribution in [0.4, 0.5) is 17.1 Å². The molecule has 2 aliphatic heterocycles. The maximum atomic E-state index is 6.30. The minimum absolute atomic E-state index is 0.222. The van der Waals surface area contributed by atoms with Crippen LogP contribution >= 0.6 is 0 Å². The topological polar surface area (TPSA) is 16.4 Å². The van der Waals surface area contributed by atoms with Gasteiger partial charge in [-0.1, -0.05) is 89.4 Å². The number of benzene rings is 6. The van der Waals surface area contributed by atoms with Gasteiger partial charge in [-0.25, -0.2) is 0 Å². The molecule has 9 rings (SSSR count). The maximum absolute atomic E-state index is 6.30. The first-order chi connectivity index (χ1) is 20.1. The van der Waals surface area contributed by atoms with E-state index in [4.69, 9.17) is 4.42 Å². The summed E-state index contributed by atoms with van der Waals surface area (Å²) in [4.78, 5) is 2.47. The highest BCUT2D eigenvalue weighted by atomic mass is 16.3. The molecule has 0 N–H and O–H groups in total. The molecule has 192 valence electrons. The van der Waals surface area contributed by atoms with Gasteiger partial charge >= 0.3 is 0 Å². The molecule has 1 aromatic heterocycles. The zero-order chi connectivity index (χ0) is 27.2. The molecule has 0 fully saturated rings. The second-order valence-corrected chi connectivity index (χ2v) is 11.5. The van der Waals surface area contributed by atoms with Crippen molar-refractivity contribution in [3.63, 3.8) is 0 Å². The van der Waals surface area contributed by atoms with Gasteiger partial charge in [-0.2, -0.15) is 0 Å². The molecule has 3 heterocycles. The van der Waals surface area contributed by atoms with Crippen LogP contribution in [0.5, 0.6) is 0 Å². The van der Waals surface area contributed by atoms with Gasteiger partial charge in [-0.15, -0.1) is 0 Å². The predicted octanol–water partition coefficient (Wildman–Crippen LogP) is 8.15. The van der Waals surface area contributed by atoms with Crippen LogP contribution in [0.3, 0.4) is 0 Å². The van der Waals surface area contributed by atoms with E-state index in [0.29, 0.717) is 0 Å². The lowest BCUT2D eigenvalue weighted by atomic mass is 9.37. The number of rotatable bonds is 2. The van der Waals surface area contributed by atoms with Crippen LogP contribution in [0.1, 0.15) is 11.1 Å². The minimum Gasteiger partial charge on any atom is -0.456 e. The number of anilines is 3. The summed E-state index contributed by atoms with van der Waals surface area (Å²) < 4.78 is 6.30. The fourth-order valence-electron chi connectivity index (χ4n) is 7.10. The second kappa shape index (κ2) is 8.25. The molecular formula is C38H26BNO. The van der Waals surface area contributed by atoms with Crippen molar-refractivity contribution in [1.82, 2.24) is 0 Å². The van der Waals surface area contributed by atoms with Crippen LogP contribution in [0.2, 0.25) is 0 Å². The summed E-state index contributed by atoms with van der Waals surface area (Å²) in [6, 6.07) is 44.6. The average Bonchev–Trinajstić information content (AvgIpc) is 3.54. The van der Waals surface area contributed by atoms with E-state index in [1.54, 1.807) is 0 Å². The lowest BCUT2D eigenvalue weighted by molar-refractivity contribution is 0.669. The minimum atomic E-state index is 0.222. The standard InChI is InChI=1S/C38H26BNO/c1-23-11-15-27(16-12-23)40-34-18-13-24(2)19-33(34)39-32-9-5-3-7-28(32)31-20-26(21-35(40)38(31)39)25-14-17-30-29-8-4-6-10-36(29)41-37(30)22-25/h3-22H,1-2H3. The van der Waals surface area contributed by atoms with Crippen molar-refractivity contribution in [2.24, 2.45) is 0 Å². The van der Waals surface area contributed by atoms with E-state index in [1.165, 1.54) is 61.3 Å². The second-order valence-electron chi connectivity index (χ2n) is 11.5. The van der Waals surface area contributed by atoms with Crippen molar-refractivity contribution in [2.45, 2.75) is 13.8 Å². The summed E-state index contributed by atoms with van der Waals surface area (Å²) in [5.74, 6) is 0. The van der Waals surface area contributed by atoms with Gasteiger partial charge in [0.05, 0.1) is 0 Å². The lowest BCUT2D eigenvalue weighted by Gasteiger charge is -2.36. The number of furan rings is 1. The first kappa shape index (κ1) is 22.8. The molecule has 0 spiro atoms. The van der Waals surface area contributed by atoms with Crippen LogP contribution in [-0.2, 0) is 0 Å². The third-order valence-electron chi connectivity index (χ3n) is 8.99. The smallest absolute Gasteiger partial charge is 0.248 e. The normalized spacial score (nSPS) is 13.0. The molecule has 0 unspecified atom stereocenters. The van der Waals surface area contributed by atoms with E-state index in [2.05, 4.69) is 128 Å². The Morgan fingerprint density at radius 3 is 2.22 bits per heavy atom. The number of hydrogen-bond donors (Lipinski definition) is 0. The number of aryl methyl sites for hydroxylation is 2. The van der Waals surface area contributed by atoms with Gasteiger partial charge in [0.25, 0.3) is 0 Å². The molecule has 2 nitrogen and oxygen atoms in total. The van der Waals surface area contributed by atoms with E-state index in [1.807, 2.05) is 12.1 Å². The highest BCUT2D eigenvalue weighted by molar-refractivity contribution is 7.01. The zero-order valence-electron chi connectivity index (χ0n) is 23.0. The Hall–Kier alpha value is -5.02. The van der Waals surface area contributed by atoms with E-state index < -0.39 is 0 Å². The highest BCUT2D eigenvalue weighted by Gasteiger charge is 2.42. The molecular weight excluding hydrogens is 497 g/mol. The van der Waals surface area contributed by atoms with Gasteiger partial charge in [-0.3, -0.25) is 0 Å². The Kier molecular flexibility index (Phi) is 4.58. The van der Waals surface area contributed by atoms with Gasteiger partial charge in [0.15, 0.2) is 0 Å². The average molecular weight is 523 g/mol. The number of nitrogens with zero attached hydrogens (tertiary/aromatic N) is 1. The summed E-state index contributed by atoms with van der Waals surface area (Å²) in [6.45, 7) is 4.57. The first-order valence-electron chi connectivity index (χ1n) is 14.3. The molecule has 6 aromatic carbocycles. The van der Waals surface area contributed by atoms with Gasteiger partial charge in [0.2, 0.25) is 6.71 Å². The van der Waals surface area contributed by atoms with E-state index in [-0.39, 0.29) is 6.71 Å². The van der Waals surface area contributed by atoms with Crippen molar-refractivity contribution in [3.8, 4) is 22.3 Å². The Balaban J connectivity index is 1.34. The van der Waals surface area contributed by atoms with Crippen LogP contribution in [0, 0.1) is 13.8 Å². The fraction of sp³-hybridized carbons (Fsp3) is 0.0526. The molecule has 0 aliphatic carbocycles. The number of fused-ring (bicyclic) bond motifs is 8. The van der Waals surface area contributed by atoms with Crippen LogP contribution in [0.25, 0.3) is 44.2 Å². The van der Waals surface area contributed by atoms with Gasteiger partial charge < -0.3 is 9.32 Å². The maximum Gasteiger partial charge on any atom is 0.248 e. The molecule has 41 heavy (non-hydrogen) atoms. The van der Waals surface area contributed by atoms with Crippen molar-refractivity contribution >= 4 is 62.1 Å². The predicted molar refractivity (Wildman–Crippen MR) is 173 cm³/mol. The molecule has 0 bridgehead atoms. The Morgan fingerprint density at radius 1 is 0.537 bits per heavy atom.